The summed E-state index contributed by atoms with van der Waals surface area (Å²) >= 11 is 1.85. The number of nitriles is 1. The van der Waals surface area contributed by atoms with Crippen molar-refractivity contribution in [2.75, 3.05) is 6.26 Å². The van der Waals surface area contributed by atoms with Gasteiger partial charge in [0.05, 0.1) is 16.5 Å². The van der Waals surface area contributed by atoms with Gasteiger partial charge in [0, 0.05) is 11.3 Å². The van der Waals surface area contributed by atoms with E-state index in [1.807, 2.05) is 17.8 Å². The van der Waals surface area contributed by atoms with Gasteiger partial charge in [0.1, 0.15) is 0 Å². The minimum Gasteiger partial charge on any atom is -0.208 e. The quantitative estimate of drug-likeness (QED) is 0.927. The van der Waals surface area contributed by atoms with Crippen LogP contribution in [0.2, 0.25) is 0 Å². The normalized spacial score (nSPS) is 23.2. The lowest BCUT2D eigenvalue weighted by Crippen LogP contribution is -2.38. The molecule has 108 valence electrons. The maximum absolute atomic E-state index is 12.3. The fraction of sp³-hybridized carbons (Fsp3) is 0.500. The Morgan fingerprint density at radius 1 is 1.30 bits per heavy atom. The zero-order valence-corrected chi connectivity index (χ0v) is 13.0. The van der Waals surface area contributed by atoms with E-state index in [4.69, 9.17) is 5.26 Å². The molecule has 0 aromatic heterocycles. The molecule has 0 atom stereocenters. The Bertz CT molecular complexity index is 600. The molecule has 1 N–H and O–H groups in total. The number of rotatable bonds is 4. The van der Waals surface area contributed by atoms with Crippen LogP contribution in [-0.4, -0.2) is 26.0 Å². The average molecular weight is 310 g/mol. The molecule has 0 aliphatic heterocycles. The van der Waals surface area contributed by atoms with Crippen molar-refractivity contribution in [1.82, 2.24) is 4.72 Å². The second-order valence-electron chi connectivity index (χ2n) is 4.97. The molecule has 1 fully saturated rings. The van der Waals surface area contributed by atoms with E-state index < -0.39 is 10.0 Å². The van der Waals surface area contributed by atoms with E-state index in [2.05, 4.69) is 11.0 Å². The number of benzene rings is 1. The second kappa shape index (κ2) is 6.61. The van der Waals surface area contributed by atoms with E-state index >= 15 is 0 Å². The molecular formula is C14H18N2O2S2. The van der Waals surface area contributed by atoms with Crippen molar-refractivity contribution >= 4 is 21.8 Å². The van der Waals surface area contributed by atoms with Crippen LogP contribution < -0.4 is 4.72 Å². The largest absolute Gasteiger partial charge is 0.240 e. The molecule has 0 spiro atoms. The van der Waals surface area contributed by atoms with Crippen molar-refractivity contribution < 1.29 is 8.42 Å². The molecule has 0 unspecified atom stereocenters. The third kappa shape index (κ3) is 3.75. The maximum Gasteiger partial charge on any atom is 0.240 e. The molecule has 0 saturated heterocycles. The third-order valence-corrected chi connectivity index (χ3v) is 6.26. The minimum absolute atomic E-state index is 0.00846. The number of nitrogens with zero attached hydrogens (tertiary/aromatic N) is 1. The van der Waals surface area contributed by atoms with E-state index in [1.165, 1.54) is 12.1 Å². The van der Waals surface area contributed by atoms with Gasteiger partial charge in [-0.05, 0) is 50.1 Å². The number of nitrogens with one attached hydrogen (secondary N) is 1. The first-order valence-corrected chi connectivity index (χ1v) is 9.37. The lowest BCUT2D eigenvalue weighted by molar-refractivity contribution is 0.420. The molecule has 1 aromatic carbocycles. The monoisotopic (exact) mass is 310 g/mol. The Labute approximate surface area is 124 Å². The molecule has 0 bridgehead atoms. The van der Waals surface area contributed by atoms with Crippen LogP contribution >= 0.6 is 11.8 Å². The molecule has 1 aromatic rings. The van der Waals surface area contributed by atoms with E-state index in [0.29, 0.717) is 10.8 Å². The molecule has 4 nitrogen and oxygen atoms in total. The summed E-state index contributed by atoms with van der Waals surface area (Å²) in [7, 11) is -3.52. The van der Waals surface area contributed by atoms with Gasteiger partial charge in [-0.1, -0.05) is 6.07 Å². The van der Waals surface area contributed by atoms with E-state index in [1.54, 1.807) is 12.1 Å². The van der Waals surface area contributed by atoms with Crippen LogP contribution in [0.1, 0.15) is 31.2 Å². The fourth-order valence-corrected chi connectivity index (χ4v) is 4.53. The zero-order valence-electron chi connectivity index (χ0n) is 11.4. The predicted octanol–water partition coefficient (Wildman–Crippen LogP) is 2.51. The highest BCUT2D eigenvalue weighted by molar-refractivity contribution is 7.99. The van der Waals surface area contributed by atoms with Crippen molar-refractivity contribution in [3.8, 4) is 6.07 Å². The Morgan fingerprint density at radius 2 is 2.00 bits per heavy atom. The van der Waals surface area contributed by atoms with Crippen LogP contribution in [0, 0.1) is 11.3 Å². The lowest BCUT2D eigenvalue weighted by atomic mass is 9.96. The van der Waals surface area contributed by atoms with Crippen LogP contribution in [-0.2, 0) is 10.0 Å². The molecular weight excluding hydrogens is 292 g/mol. The second-order valence-corrected chi connectivity index (χ2v) is 7.82. The van der Waals surface area contributed by atoms with Gasteiger partial charge in [-0.15, -0.1) is 0 Å². The molecule has 6 heteroatoms. The van der Waals surface area contributed by atoms with Gasteiger partial charge in [0.25, 0.3) is 0 Å². The molecule has 0 amide bonds. The van der Waals surface area contributed by atoms with Gasteiger partial charge >= 0.3 is 0 Å². The van der Waals surface area contributed by atoms with E-state index in [0.717, 1.165) is 25.7 Å². The van der Waals surface area contributed by atoms with Gasteiger partial charge in [0.15, 0.2) is 0 Å². The summed E-state index contributed by atoms with van der Waals surface area (Å²) in [6.07, 6.45) is 5.95. The van der Waals surface area contributed by atoms with Crippen LogP contribution in [0.4, 0.5) is 0 Å². The van der Waals surface area contributed by atoms with Crippen molar-refractivity contribution in [3.05, 3.63) is 29.8 Å². The molecule has 1 saturated carbocycles. The van der Waals surface area contributed by atoms with E-state index in [-0.39, 0.29) is 10.9 Å². The number of hydrogen-bond donors (Lipinski definition) is 1. The Balaban J connectivity index is 2.06. The van der Waals surface area contributed by atoms with Crippen molar-refractivity contribution in [2.24, 2.45) is 0 Å². The van der Waals surface area contributed by atoms with Crippen LogP contribution in [0.25, 0.3) is 0 Å². The summed E-state index contributed by atoms with van der Waals surface area (Å²) in [5.74, 6) is 0. The first-order chi connectivity index (χ1) is 9.55. The van der Waals surface area contributed by atoms with Gasteiger partial charge in [-0.25, -0.2) is 13.1 Å². The number of hydrogen-bond acceptors (Lipinski definition) is 4. The highest BCUT2D eigenvalue weighted by atomic mass is 32.2. The summed E-state index contributed by atoms with van der Waals surface area (Å²) in [5.41, 5.74) is 0.360. The fourth-order valence-electron chi connectivity index (χ4n) is 2.44. The maximum atomic E-state index is 12.3. The predicted molar refractivity (Wildman–Crippen MR) is 81.0 cm³/mol. The molecule has 0 heterocycles. The summed E-state index contributed by atoms with van der Waals surface area (Å²) in [5, 5.41) is 9.49. The van der Waals surface area contributed by atoms with Crippen molar-refractivity contribution in [2.45, 2.75) is 41.9 Å². The lowest BCUT2D eigenvalue weighted by Gasteiger charge is -2.27. The highest BCUT2D eigenvalue weighted by Crippen LogP contribution is 2.27. The summed E-state index contributed by atoms with van der Waals surface area (Å²) in [6.45, 7) is 0. The van der Waals surface area contributed by atoms with Crippen LogP contribution in [0.5, 0.6) is 0 Å². The van der Waals surface area contributed by atoms with Gasteiger partial charge in [-0.2, -0.15) is 17.0 Å². The van der Waals surface area contributed by atoms with Crippen molar-refractivity contribution in [1.29, 1.82) is 5.26 Å². The van der Waals surface area contributed by atoms with Crippen molar-refractivity contribution in [3.63, 3.8) is 0 Å². The van der Waals surface area contributed by atoms with Gasteiger partial charge in [0.2, 0.25) is 10.0 Å². The van der Waals surface area contributed by atoms with Crippen LogP contribution in [0.3, 0.4) is 0 Å². The van der Waals surface area contributed by atoms with Crippen LogP contribution in [0.15, 0.2) is 29.2 Å². The summed E-state index contributed by atoms with van der Waals surface area (Å²) in [6, 6.07) is 8.10. The van der Waals surface area contributed by atoms with E-state index in [9.17, 15) is 8.42 Å². The topological polar surface area (TPSA) is 70.0 Å². The zero-order chi connectivity index (χ0) is 14.6. The Kier molecular flexibility index (Phi) is 5.08. The average Bonchev–Trinajstić information content (AvgIpc) is 2.48. The standard InChI is InChI=1S/C14H18N2O2S2/c1-19-13-7-5-12(6-8-13)16-20(17,18)14-4-2-3-11(9-14)10-15/h2-4,9,12-13,16H,5-8H2,1H3. The smallest absolute Gasteiger partial charge is 0.208 e. The van der Waals surface area contributed by atoms with Gasteiger partial charge < -0.3 is 0 Å². The minimum atomic E-state index is -3.52. The molecule has 0 radical (unpaired) electrons. The summed E-state index contributed by atoms with van der Waals surface area (Å²) < 4.78 is 27.3. The molecule has 1 aliphatic carbocycles. The number of sulfonamides is 1. The first kappa shape index (κ1) is 15.4. The highest BCUT2D eigenvalue weighted by Gasteiger charge is 2.25. The molecule has 1 aliphatic rings. The van der Waals surface area contributed by atoms with Gasteiger partial charge in [-0.3, -0.25) is 0 Å². The molecule has 20 heavy (non-hydrogen) atoms. The Hall–Kier alpha value is -1.03. The molecule has 2 rings (SSSR count). The third-order valence-electron chi connectivity index (χ3n) is 3.60. The number of thioether (sulfide) groups is 1. The first-order valence-electron chi connectivity index (χ1n) is 6.60. The summed E-state index contributed by atoms with van der Waals surface area (Å²) in [4.78, 5) is 0.170. The SMILES string of the molecule is CSC1CCC(NS(=O)(=O)c2cccc(C#N)c2)CC1. The Morgan fingerprint density at radius 3 is 2.60 bits per heavy atom.